The van der Waals surface area contributed by atoms with Crippen LogP contribution in [-0.4, -0.2) is 59.7 Å². The van der Waals surface area contributed by atoms with Crippen molar-refractivity contribution in [2.45, 2.75) is 50.0 Å². The van der Waals surface area contributed by atoms with Crippen LogP contribution in [0.3, 0.4) is 0 Å². The average molecular weight is 303 g/mol. The van der Waals surface area contributed by atoms with Crippen molar-refractivity contribution in [2.75, 3.05) is 20.2 Å². The Kier molecular flexibility index (Phi) is 2.77. The van der Waals surface area contributed by atoms with E-state index in [4.69, 9.17) is 4.74 Å². The summed E-state index contributed by atoms with van der Waals surface area (Å²) < 4.78 is 6.44. The van der Waals surface area contributed by atoms with E-state index in [0.29, 0.717) is 17.9 Å². The number of likely N-dealkylation sites (N-methyl/N-ethyl adjacent to an activating group) is 1. The Morgan fingerprint density at radius 3 is 3.05 bits per heavy atom. The molecule has 0 aromatic rings. The van der Waals surface area contributed by atoms with Gasteiger partial charge < -0.3 is 14.9 Å². The molecule has 7 unspecified atom stereocenters. The third kappa shape index (κ3) is 1.43. The molecule has 0 amide bonds. The van der Waals surface area contributed by atoms with E-state index in [9.17, 15) is 10.2 Å². The van der Waals surface area contributed by atoms with E-state index in [1.807, 2.05) is 0 Å². The molecule has 0 aromatic heterocycles. The Morgan fingerprint density at radius 1 is 1.36 bits per heavy atom. The zero-order valence-electron chi connectivity index (χ0n) is 13.1. The summed E-state index contributed by atoms with van der Waals surface area (Å²) in [5, 5.41) is 20.3. The second-order valence-corrected chi connectivity index (χ2v) is 7.96. The Balaban J connectivity index is 1.71. The molecule has 0 radical (unpaired) electrons. The van der Waals surface area contributed by atoms with Crippen LogP contribution in [0.2, 0.25) is 0 Å². The summed E-state index contributed by atoms with van der Waals surface area (Å²) in [7, 11) is 2.24. The van der Waals surface area contributed by atoms with Crippen LogP contribution < -0.4 is 0 Å². The zero-order valence-corrected chi connectivity index (χ0v) is 13.1. The first-order valence-corrected chi connectivity index (χ1v) is 8.72. The fraction of sp³-hybridized carbons (Fsp3) is 0.778. The number of aliphatic hydroxyl groups is 2. The quantitative estimate of drug-likeness (QED) is 0.761. The first kappa shape index (κ1) is 13.7. The monoisotopic (exact) mass is 303 g/mol. The number of likely N-dealkylation sites (tertiary alicyclic amines) is 1. The summed E-state index contributed by atoms with van der Waals surface area (Å²) in [6, 6.07) is 0.520. The van der Waals surface area contributed by atoms with Gasteiger partial charge in [0.05, 0.1) is 24.9 Å². The second kappa shape index (κ2) is 4.44. The van der Waals surface area contributed by atoms with Gasteiger partial charge in [0.1, 0.15) is 0 Å². The van der Waals surface area contributed by atoms with E-state index in [1.165, 1.54) is 12.0 Å². The van der Waals surface area contributed by atoms with Crippen LogP contribution in [-0.2, 0) is 4.74 Å². The highest BCUT2D eigenvalue weighted by molar-refractivity contribution is 5.44. The highest BCUT2D eigenvalue weighted by Gasteiger charge is 2.68. The summed E-state index contributed by atoms with van der Waals surface area (Å²) in [6.07, 6.45) is 8.24. The van der Waals surface area contributed by atoms with Gasteiger partial charge in [0.25, 0.3) is 0 Å². The fourth-order valence-corrected chi connectivity index (χ4v) is 6.39. The molecule has 3 aliphatic carbocycles. The van der Waals surface area contributed by atoms with Crippen molar-refractivity contribution < 1.29 is 14.9 Å². The van der Waals surface area contributed by atoms with Gasteiger partial charge in [0.15, 0.2) is 0 Å². The van der Waals surface area contributed by atoms with Gasteiger partial charge in [-0.3, -0.25) is 4.90 Å². The van der Waals surface area contributed by atoms with Crippen LogP contribution in [0.1, 0.15) is 25.7 Å². The van der Waals surface area contributed by atoms with E-state index >= 15 is 0 Å². The van der Waals surface area contributed by atoms with Crippen LogP contribution in [0.15, 0.2) is 23.3 Å². The maximum Gasteiger partial charge on any atom is 0.0913 e. The molecule has 5 rings (SSSR count). The molecule has 22 heavy (non-hydrogen) atoms. The minimum atomic E-state index is -0.335. The first-order valence-electron chi connectivity index (χ1n) is 8.72. The van der Waals surface area contributed by atoms with Gasteiger partial charge in [-0.15, -0.1) is 0 Å². The lowest BCUT2D eigenvalue weighted by atomic mass is 9.48. The van der Waals surface area contributed by atoms with Gasteiger partial charge in [0, 0.05) is 17.4 Å². The highest BCUT2D eigenvalue weighted by Crippen LogP contribution is 2.66. The second-order valence-electron chi connectivity index (χ2n) is 7.96. The normalized spacial score (nSPS) is 52.9. The van der Waals surface area contributed by atoms with Gasteiger partial charge in [-0.05, 0) is 56.3 Å². The van der Waals surface area contributed by atoms with Gasteiger partial charge in [-0.1, -0.05) is 12.2 Å². The predicted octanol–water partition coefficient (Wildman–Crippen LogP) is 1.09. The molecule has 120 valence electrons. The van der Waals surface area contributed by atoms with Crippen molar-refractivity contribution in [3.8, 4) is 0 Å². The summed E-state index contributed by atoms with van der Waals surface area (Å²) in [5.74, 6) is 1.09. The topological polar surface area (TPSA) is 52.9 Å². The van der Waals surface area contributed by atoms with Gasteiger partial charge >= 0.3 is 0 Å². The smallest absolute Gasteiger partial charge is 0.0913 e. The van der Waals surface area contributed by atoms with Crippen molar-refractivity contribution >= 4 is 0 Å². The summed E-state index contributed by atoms with van der Waals surface area (Å²) in [5.41, 5.74) is 2.56. The molecular weight excluding hydrogens is 278 g/mol. The Labute approximate surface area is 131 Å². The van der Waals surface area contributed by atoms with Crippen LogP contribution >= 0.6 is 0 Å². The lowest BCUT2D eigenvalue weighted by Crippen LogP contribution is -2.61. The Morgan fingerprint density at radius 2 is 2.23 bits per heavy atom. The molecule has 2 heterocycles. The number of hydrogen-bond acceptors (Lipinski definition) is 4. The van der Waals surface area contributed by atoms with Crippen LogP contribution in [0.4, 0.5) is 0 Å². The molecule has 2 bridgehead atoms. The summed E-state index contributed by atoms with van der Waals surface area (Å²) >= 11 is 0. The Bertz CT molecular complexity index is 571. The van der Waals surface area contributed by atoms with Gasteiger partial charge in [-0.25, -0.2) is 0 Å². The minimum absolute atomic E-state index is 0.0146. The fourth-order valence-electron chi connectivity index (χ4n) is 6.39. The van der Waals surface area contributed by atoms with E-state index in [1.54, 1.807) is 0 Å². The number of piperidine rings is 1. The van der Waals surface area contributed by atoms with Crippen molar-refractivity contribution in [2.24, 2.45) is 17.3 Å². The third-order valence-corrected chi connectivity index (χ3v) is 7.26. The van der Waals surface area contributed by atoms with Gasteiger partial charge in [-0.2, -0.15) is 0 Å². The lowest BCUT2D eigenvalue weighted by Gasteiger charge is -2.59. The number of aliphatic hydroxyl groups excluding tert-OH is 2. The number of nitrogens with zero attached hydrogens (tertiary/aromatic N) is 1. The van der Waals surface area contributed by atoms with Crippen molar-refractivity contribution in [3.05, 3.63) is 23.3 Å². The summed E-state index contributed by atoms with van der Waals surface area (Å²) in [4.78, 5) is 2.50. The maximum atomic E-state index is 10.5. The first-order chi connectivity index (χ1) is 10.7. The van der Waals surface area contributed by atoms with E-state index in [0.717, 1.165) is 31.4 Å². The number of hydrogen-bond donors (Lipinski definition) is 2. The number of allylic oxidation sites excluding steroid dienone is 2. The van der Waals surface area contributed by atoms with Crippen molar-refractivity contribution in [3.63, 3.8) is 0 Å². The molecule has 2 saturated heterocycles. The lowest BCUT2D eigenvalue weighted by molar-refractivity contribution is -0.0789. The molecule has 1 spiro atoms. The summed E-state index contributed by atoms with van der Waals surface area (Å²) in [6.45, 7) is 1.16. The van der Waals surface area contributed by atoms with E-state index < -0.39 is 0 Å². The largest absolute Gasteiger partial charge is 0.392 e. The maximum absolute atomic E-state index is 10.5. The molecule has 2 aliphatic heterocycles. The minimum Gasteiger partial charge on any atom is -0.392 e. The van der Waals surface area contributed by atoms with Crippen molar-refractivity contribution in [1.29, 1.82) is 0 Å². The van der Waals surface area contributed by atoms with Crippen LogP contribution in [0, 0.1) is 17.3 Å². The average Bonchev–Trinajstić information content (AvgIpc) is 2.88. The highest BCUT2D eigenvalue weighted by atomic mass is 16.5. The van der Waals surface area contributed by atoms with Crippen molar-refractivity contribution in [1.82, 2.24) is 4.90 Å². The standard InChI is InChI=1S/C18H25NO3/c1-19-7-6-18-12-4-2-11(9-20)17(18)22-16-14(21)5-3-10(15(16)18)8-13(12)19/h2,4,10,13-17,20-21H,3,5-9H2,1H3. The molecule has 4 fully saturated rings. The molecule has 4 heteroatoms. The predicted molar refractivity (Wildman–Crippen MR) is 82.2 cm³/mol. The number of rotatable bonds is 1. The molecule has 5 aliphatic rings. The molecule has 2 N–H and O–H groups in total. The van der Waals surface area contributed by atoms with E-state index in [-0.39, 0.29) is 30.3 Å². The van der Waals surface area contributed by atoms with E-state index in [2.05, 4.69) is 24.1 Å². The molecule has 7 atom stereocenters. The van der Waals surface area contributed by atoms with Crippen LogP contribution in [0.25, 0.3) is 0 Å². The third-order valence-electron chi connectivity index (χ3n) is 7.26. The molecule has 0 aromatic carbocycles. The zero-order chi connectivity index (χ0) is 15.1. The molecular formula is C18H25NO3. The van der Waals surface area contributed by atoms with Crippen LogP contribution in [0.5, 0.6) is 0 Å². The molecule has 2 saturated carbocycles. The Hall–Kier alpha value is -0.680. The van der Waals surface area contributed by atoms with Gasteiger partial charge in [0.2, 0.25) is 0 Å². The SMILES string of the molecule is CN1CCC23C4=CC=C(CO)C2OC2C(O)CCC(CC41)C23. The number of ether oxygens (including phenoxy) is 1. The molecule has 4 nitrogen and oxygen atoms in total.